The van der Waals surface area contributed by atoms with Crippen LogP contribution in [0.25, 0.3) is 6.08 Å². The van der Waals surface area contributed by atoms with Crippen LogP contribution in [0, 0.1) is 0 Å². The maximum atomic E-state index is 12.0. The lowest BCUT2D eigenvalue weighted by molar-refractivity contribution is -0.131. The molecule has 3 fully saturated rings. The lowest BCUT2D eigenvalue weighted by Gasteiger charge is -2.32. The van der Waals surface area contributed by atoms with E-state index in [1.54, 1.807) is 5.70 Å². The Morgan fingerprint density at radius 1 is 0.892 bits per heavy atom. The second-order valence-electron chi connectivity index (χ2n) is 9.55. The fourth-order valence-electron chi connectivity index (χ4n) is 4.52. The summed E-state index contributed by atoms with van der Waals surface area (Å²) in [6.45, 7) is 13.7. The SMILES string of the molecule is C=CC[Si]1CCCCO1.C=C[Si]1(CCC(F)(F)F)CCCCO1.C=Cc1ccccc1[Si]1CCCCO1. The molecule has 1 unspecified atom stereocenters. The predicted molar refractivity (Wildman–Crippen MR) is 154 cm³/mol. The summed E-state index contributed by atoms with van der Waals surface area (Å²) in [5.74, 6) is 0. The van der Waals surface area contributed by atoms with Crippen LogP contribution in [0.4, 0.5) is 13.2 Å². The Kier molecular flexibility index (Phi) is 15.0. The first-order valence-corrected chi connectivity index (χ1v) is 19.3. The second-order valence-corrected chi connectivity index (χ2v) is 17.8. The third-order valence-electron chi connectivity index (χ3n) is 6.67. The van der Waals surface area contributed by atoms with E-state index in [1.165, 1.54) is 48.5 Å². The average Bonchev–Trinajstić information content (AvgIpc) is 2.94. The molecule has 37 heavy (non-hydrogen) atoms. The van der Waals surface area contributed by atoms with E-state index in [-0.39, 0.29) is 6.04 Å². The number of alkyl halides is 3. The zero-order valence-electron chi connectivity index (χ0n) is 22.1. The highest BCUT2D eigenvalue weighted by Crippen LogP contribution is 2.32. The van der Waals surface area contributed by atoms with Crippen LogP contribution in [0.1, 0.15) is 50.5 Å². The Hall–Kier alpha value is -1.24. The van der Waals surface area contributed by atoms with Gasteiger partial charge in [0.05, 0.1) is 0 Å². The van der Waals surface area contributed by atoms with Gasteiger partial charge in [0.1, 0.15) is 0 Å². The van der Waals surface area contributed by atoms with Gasteiger partial charge >= 0.3 is 6.18 Å². The third-order valence-corrected chi connectivity index (χ3v) is 15.2. The van der Waals surface area contributed by atoms with E-state index in [0.29, 0.717) is 6.61 Å². The van der Waals surface area contributed by atoms with Crippen molar-refractivity contribution in [1.29, 1.82) is 0 Å². The highest BCUT2D eigenvalue weighted by molar-refractivity contribution is 6.78. The first-order valence-electron chi connectivity index (χ1n) is 13.5. The predicted octanol–water partition coefficient (Wildman–Crippen LogP) is 7.73. The monoisotopic (exact) mass is 568 g/mol. The van der Waals surface area contributed by atoms with E-state index in [0.717, 1.165) is 38.1 Å². The minimum Gasteiger partial charge on any atom is -0.416 e. The van der Waals surface area contributed by atoms with Gasteiger partial charge in [-0.2, -0.15) is 13.2 Å². The topological polar surface area (TPSA) is 27.7 Å². The van der Waals surface area contributed by atoms with Crippen molar-refractivity contribution < 1.29 is 26.4 Å². The highest BCUT2D eigenvalue weighted by Gasteiger charge is 2.38. The molecule has 9 heteroatoms. The Balaban J connectivity index is 0.000000200. The van der Waals surface area contributed by atoms with Crippen molar-refractivity contribution in [1.82, 2.24) is 0 Å². The van der Waals surface area contributed by atoms with E-state index in [1.807, 2.05) is 12.2 Å². The molecule has 206 valence electrons. The van der Waals surface area contributed by atoms with Crippen molar-refractivity contribution in [2.75, 3.05) is 19.8 Å². The van der Waals surface area contributed by atoms with Crippen LogP contribution in [-0.2, 0) is 13.3 Å². The molecule has 0 amide bonds. The van der Waals surface area contributed by atoms with Gasteiger partial charge in [-0.25, -0.2) is 0 Å². The third kappa shape index (κ3) is 12.4. The Morgan fingerprint density at radius 2 is 1.59 bits per heavy atom. The average molecular weight is 569 g/mol. The smallest absolute Gasteiger partial charge is 0.388 e. The molecule has 1 aromatic rings. The summed E-state index contributed by atoms with van der Waals surface area (Å²) in [5.41, 5.74) is 2.92. The van der Waals surface area contributed by atoms with Gasteiger partial charge in [-0.05, 0) is 60.2 Å². The molecule has 3 aliphatic rings. The molecule has 2 radical (unpaired) electrons. The van der Waals surface area contributed by atoms with Crippen LogP contribution in [0.5, 0.6) is 0 Å². The summed E-state index contributed by atoms with van der Waals surface area (Å²) in [7, 11) is -3.38. The van der Waals surface area contributed by atoms with Gasteiger partial charge < -0.3 is 13.3 Å². The molecule has 0 bridgehead atoms. The van der Waals surface area contributed by atoms with Gasteiger partial charge in [0.15, 0.2) is 0 Å². The van der Waals surface area contributed by atoms with Crippen molar-refractivity contribution in [2.45, 2.75) is 81.3 Å². The molecule has 3 heterocycles. The van der Waals surface area contributed by atoms with E-state index in [4.69, 9.17) is 13.3 Å². The molecule has 3 saturated heterocycles. The summed E-state index contributed by atoms with van der Waals surface area (Å²) >= 11 is 0. The molecule has 0 aromatic heterocycles. The fraction of sp³-hybridized carbons (Fsp3) is 0.571. The summed E-state index contributed by atoms with van der Waals surface area (Å²) in [6.07, 6.45) is 6.27. The first kappa shape index (κ1) is 32.0. The molecular formula is C28H43F3O3Si3. The first-order chi connectivity index (χ1) is 17.8. The maximum absolute atomic E-state index is 12.0. The van der Waals surface area contributed by atoms with E-state index in [9.17, 15) is 13.2 Å². The zero-order chi connectivity index (χ0) is 27.0. The minimum absolute atomic E-state index is 0.139. The molecule has 1 aromatic carbocycles. The molecule has 3 aliphatic heterocycles. The number of hydrogen-bond donors (Lipinski definition) is 0. The summed E-state index contributed by atoms with van der Waals surface area (Å²) in [4.78, 5) is 0. The second kappa shape index (κ2) is 17.4. The largest absolute Gasteiger partial charge is 0.416 e. The van der Waals surface area contributed by atoms with E-state index in [2.05, 4.69) is 44.0 Å². The van der Waals surface area contributed by atoms with Crippen LogP contribution >= 0.6 is 0 Å². The van der Waals surface area contributed by atoms with E-state index >= 15 is 0 Å². The Labute approximate surface area is 226 Å². The van der Waals surface area contributed by atoms with E-state index < -0.39 is 39.0 Å². The van der Waals surface area contributed by atoms with Crippen molar-refractivity contribution in [2.24, 2.45) is 0 Å². The Bertz CT molecular complexity index is 801. The Morgan fingerprint density at radius 3 is 2.14 bits per heavy atom. The van der Waals surface area contributed by atoms with Crippen molar-refractivity contribution in [3.63, 3.8) is 0 Å². The van der Waals surface area contributed by atoms with Gasteiger partial charge in [-0.15, -0.1) is 13.2 Å². The number of halogens is 3. The van der Waals surface area contributed by atoms with Gasteiger partial charge in [0.2, 0.25) is 26.4 Å². The number of benzene rings is 1. The lowest BCUT2D eigenvalue weighted by Crippen LogP contribution is -2.40. The molecular weight excluding hydrogens is 526 g/mol. The molecule has 3 nitrogen and oxygen atoms in total. The van der Waals surface area contributed by atoms with Gasteiger partial charge in [-0.1, -0.05) is 68.0 Å². The van der Waals surface area contributed by atoms with Crippen molar-refractivity contribution in [3.05, 3.63) is 61.3 Å². The summed E-state index contributed by atoms with van der Waals surface area (Å²) < 4.78 is 53.1. The van der Waals surface area contributed by atoms with Crippen LogP contribution in [0.3, 0.4) is 0 Å². The van der Waals surface area contributed by atoms with Crippen molar-refractivity contribution in [3.8, 4) is 0 Å². The fourth-order valence-corrected chi connectivity index (χ4v) is 11.9. The normalized spacial score (nSPS) is 23.0. The van der Waals surface area contributed by atoms with Crippen LogP contribution in [0.2, 0.25) is 30.2 Å². The van der Waals surface area contributed by atoms with Gasteiger partial charge in [0, 0.05) is 26.2 Å². The van der Waals surface area contributed by atoms with Gasteiger partial charge in [0.25, 0.3) is 0 Å². The lowest BCUT2D eigenvalue weighted by atomic mass is 10.2. The highest BCUT2D eigenvalue weighted by atomic mass is 28.4. The number of hydrogen-bond acceptors (Lipinski definition) is 3. The quantitative estimate of drug-likeness (QED) is 0.249. The maximum Gasteiger partial charge on any atom is 0.388 e. The van der Waals surface area contributed by atoms with Gasteiger partial charge in [-0.3, -0.25) is 0 Å². The minimum atomic E-state index is -4.07. The van der Waals surface area contributed by atoms with Crippen molar-refractivity contribution >= 4 is 37.7 Å². The number of allylic oxidation sites excluding steroid dienone is 1. The zero-order valence-corrected chi connectivity index (χ0v) is 25.1. The molecule has 4 rings (SSSR count). The standard InChI is InChI=1S/C12H15OSi.C9H15F3OSi.C7H13OSi/c1-2-11-7-3-4-8-12(11)14-10-6-5-9-13-14;1-2-14(7-4-3-6-13-14)8-5-9(10,11)12;1-2-6-9-7-4-3-5-8-9/h2-4,7-8H,1,5-6,9-10H2;2H,1,3-8H2;2H,1,3-7H2. The van der Waals surface area contributed by atoms with Crippen LogP contribution in [-0.4, -0.2) is 52.4 Å². The molecule has 0 N–H and O–H groups in total. The molecule has 0 spiro atoms. The summed E-state index contributed by atoms with van der Waals surface area (Å²) in [6, 6.07) is 13.1. The van der Waals surface area contributed by atoms with Crippen LogP contribution < -0.4 is 5.19 Å². The molecule has 0 saturated carbocycles. The molecule has 0 aliphatic carbocycles. The molecule has 1 atom stereocenters. The summed E-state index contributed by atoms with van der Waals surface area (Å²) in [5, 5.41) is 1.40. The van der Waals surface area contributed by atoms with Crippen LogP contribution in [0.15, 0.2) is 55.8 Å². The number of rotatable bonds is 7.